The van der Waals surface area contributed by atoms with Crippen LogP contribution >= 0.6 is 22.7 Å². The van der Waals surface area contributed by atoms with Gasteiger partial charge in [0.15, 0.2) is 0 Å². The van der Waals surface area contributed by atoms with Crippen molar-refractivity contribution >= 4 is 55.7 Å². The number of nitrogens with one attached hydrogen (secondary N) is 2. The van der Waals surface area contributed by atoms with Crippen molar-refractivity contribution < 1.29 is 33.9 Å². The van der Waals surface area contributed by atoms with Crippen LogP contribution in [-0.4, -0.2) is 13.1 Å². The van der Waals surface area contributed by atoms with Crippen molar-refractivity contribution in [3.05, 3.63) is 70.7 Å². The molecule has 0 saturated heterocycles. The fourth-order valence-corrected chi connectivity index (χ4v) is 4.71. The maximum absolute atomic E-state index is 4.40. The molecular formula is C25H30Cl2N8S2. The van der Waals surface area contributed by atoms with E-state index in [-0.39, 0.29) is 24.8 Å². The van der Waals surface area contributed by atoms with Crippen LogP contribution in [0.5, 0.6) is 0 Å². The average Bonchev–Trinajstić information content (AvgIpc) is 3.45. The fourth-order valence-electron chi connectivity index (χ4n) is 3.35. The van der Waals surface area contributed by atoms with Crippen molar-refractivity contribution in [2.24, 2.45) is 34.6 Å². The number of aromatic nitrogens is 2. The number of halogens is 2. The van der Waals surface area contributed by atoms with E-state index in [0.29, 0.717) is 0 Å². The van der Waals surface area contributed by atoms with Crippen LogP contribution in [0.15, 0.2) is 80.0 Å². The van der Waals surface area contributed by atoms with Gasteiger partial charge < -0.3 is 35.4 Å². The number of thiazole rings is 2. The first-order valence-electron chi connectivity index (χ1n) is 11.4. The molecule has 0 atom stereocenters. The van der Waals surface area contributed by atoms with Gasteiger partial charge in [-0.1, -0.05) is 0 Å². The predicted octanol–water partition coefficient (Wildman–Crippen LogP) is 0.828. The quantitative estimate of drug-likeness (QED) is 0.166. The molecule has 8 nitrogen and oxygen atoms in total. The third-order valence-corrected chi connectivity index (χ3v) is 7.09. The molecule has 0 fully saturated rings. The van der Waals surface area contributed by atoms with E-state index in [0.717, 1.165) is 63.6 Å². The molecule has 2 aromatic heterocycles. The van der Waals surface area contributed by atoms with Crippen molar-refractivity contribution in [3.63, 3.8) is 0 Å². The zero-order valence-electron chi connectivity index (χ0n) is 21.2. The molecule has 4 rings (SSSR count). The molecule has 37 heavy (non-hydrogen) atoms. The zero-order valence-corrected chi connectivity index (χ0v) is 24.3. The highest BCUT2D eigenvalue weighted by Gasteiger charge is 2.09. The summed E-state index contributed by atoms with van der Waals surface area (Å²) in [5, 5.41) is 30.2. The Morgan fingerprint density at radius 3 is 1.46 bits per heavy atom. The lowest BCUT2D eigenvalue weighted by Gasteiger charge is -2.10. The average molecular weight is 578 g/mol. The molecular weight excluding hydrogens is 547 g/mol. The molecule has 4 aromatic rings. The topological polar surface area (TPSA) is 81.3 Å². The minimum Gasteiger partial charge on any atom is -1.00 e. The lowest BCUT2D eigenvalue weighted by molar-refractivity contribution is -0.654. The monoisotopic (exact) mass is 576 g/mol. The van der Waals surface area contributed by atoms with E-state index < -0.39 is 0 Å². The number of hydrogen-bond acceptors (Lipinski definition) is 8. The van der Waals surface area contributed by atoms with Crippen LogP contribution in [0.4, 0.5) is 33.0 Å². The highest BCUT2D eigenvalue weighted by Crippen LogP contribution is 2.26. The number of nitrogens with zero attached hydrogens (tertiary/aromatic N) is 6. The van der Waals surface area contributed by atoms with E-state index in [9.17, 15) is 0 Å². The highest BCUT2D eigenvalue weighted by atomic mass is 35.5. The summed E-state index contributed by atoms with van der Waals surface area (Å²) in [6.07, 6.45) is 4.94. The van der Waals surface area contributed by atoms with Crippen molar-refractivity contribution in [3.8, 4) is 0 Å². The van der Waals surface area contributed by atoms with E-state index in [1.54, 1.807) is 22.7 Å². The number of rotatable bonds is 10. The summed E-state index contributed by atoms with van der Waals surface area (Å²) in [7, 11) is 3.94. The Morgan fingerprint density at radius 1 is 0.676 bits per heavy atom. The minimum absolute atomic E-state index is 0. The lowest BCUT2D eigenvalue weighted by atomic mass is 10.2. The molecule has 2 N–H and O–H groups in total. The highest BCUT2D eigenvalue weighted by molar-refractivity contribution is 7.13. The Kier molecular flexibility index (Phi) is 12.1. The molecule has 2 heterocycles. The summed E-state index contributed by atoms with van der Waals surface area (Å²) in [6.45, 7) is 5.87. The van der Waals surface area contributed by atoms with Crippen molar-refractivity contribution in [1.82, 2.24) is 0 Å². The molecule has 0 aliphatic carbocycles. The van der Waals surface area contributed by atoms with Crippen LogP contribution < -0.4 is 44.6 Å². The molecule has 196 valence electrons. The summed E-state index contributed by atoms with van der Waals surface area (Å²) < 4.78 is 3.92. The number of benzene rings is 2. The lowest BCUT2D eigenvalue weighted by Crippen LogP contribution is -3.00. The maximum Gasteiger partial charge on any atom is 0.408 e. The molecule has 0 saturated carbocycles. The fraction of sp³-hybridized carbons (Fsp3) is 0.280. The first-order valence-corrected chi connectivity index (χ1v) is 13.1. The summed E-state index contributed by atoms with van der Waals surface area (Å²) in [5.74, 6) is 0. The van der Waals surface area contributed by atoms with Gasteiger partial charge in [-0.2, -0.15) is 0 Å². The van der Waals surface area contributed by atoms with Gasteiger partial charge in [-0.25, -0.2) is 9.13 Å². The van der Waals surface area contributed by atoms with Gasteiger partial charge in [0.05, 0.1) is 24.3 Å². The van der Waals surface area contributed by atoms with Crippen molar-refractivity contribution in [1.29, 1.82) is 0 Å². The third-order valence-electron chi connectivity index (χ3n) is 5.41. The van der Waals surface area contributed by atoms with Gasteiger partial charge in [0, 0.05) is 35.2 Å². The molecule has 0 radical (unpaired) electrons. The molecule has 0 unspecified atom stereocenters. The number of aryl methyl sites for hydroxylation is 4. The Hall–Kier alpha value is -2.92. The Balaban J connectivity index is 0.00000241. The van der Waals surface area contributed by atoms with E-state index in [4.69, 9.17) is 0 Å². The summed E-state index contributed by atoms with van der Waals surface area (Å²) >= 11 is 3.14. The van der Waals surface area contributed by atoms with Crippen LogP contribution in [0.25, 0.3) is 0 Å². The van der Waals surface area contributed by atoms with E-state index in [1.165, 1.54) is 0 Å². The van der Waals surface area contributed by atoms with Gasteiger partial charge in [-0.05, 0) is 101 Å². The summed E-state index contributed by atoms with van der Waals surface area (Å²) in [5.41, 5.74) is 6.13. The van der Waals surface area contributed by atoms with Gasteiger partial charge in [0.2, 0.25) is 0 Å². The SMILES string of the molecule is Cc1cc(NCCCNc2ccc(N=Nc3scc[n+]3C)c(C)c2)ccc1N=Nc1scc[n+]1C.[Cl-].[Cl-]. The van der Waals surface area contributed by atoms with Crippen LogP contribution in [0.3, 0.4) is 0 Å². The number of hydrogen-bond donors (Lipinski definition) is 2. The molecule has 0 aliphatic heterocycles. The molecule has 0 amide bonds. The molecule has 0 bridgehead atoms. The standard InChI is InChI=1S/C25H28N8S2.2ClH/c1-18-16-20(6-8-22(18)28-30-24-32(3)12-14-34-24)26-10-5-11-27-21-7-9-23(19(2)17-21)29-31-25-33(4)13-15-35-25;;/h6-9,12-17H,5,10-11H2,1-4H3;2*1H. The molecule has 12 heteroatoms. The summed E-state index contributed by atoms with van der Waals surface area (Å²) in [4.78, 5) is 0. The first kappa shape index (κ1) is 30.3. The predicted molar refractivity (Wildman–Crippen MR) is 143 cm³/mol. The number of azo groups is 2. The van der Waals surface area contributed by atoms with E-state index in [2.05, 4.69) is 69.2 Å². The number of anilines is 2. The van der Waals surface area contributed by atoms with Crippen molar-refractivity contribution in [2.75, 3.05) is 23.7 Å². The smallest absolute Gasteiger partial charge is 0.408 e. The van der Waals surface area contributed by atoms with E-state index in [1.807, 2.05) is 58.5 Å². The zero-order chi connectivity index (χ0) is 24.6. The van der Waals surface area contributed by atoms with Crippen LogP contribution in [0.2, 0.25) is 0 Å². The normalized spacial score (nSPS) is 10.9. The Morgan fingerprint density at radius 2 is 1.11 bits per heavy atom. The van der Waals surface area contributed by atoms with Crippen LogP contribution in [0, 0.1) is 13.8 Å². The second-order valence-corrected chi connectivity index (χ2v) is 9.95. The van der Waals surface area contributed by atoms with Crippen LogP contribution in [0.1, 0.15) is 17.5 Å². The largest absolute Gasteiger partial charge is 1.00 e. The third kappa shape index (κ3) is 8.57. The van der Waals surface area contributed by atoms with Gasteiger partial charge in [-0.3, -0.25) is 0 Å². The van der Waals surface area contributed by atoms with Crippen molar-refractivity contribution in [2.45, 2.75) is 20.3 Å². The maximum atomic E-state index is 4.40. The first-order chi connectivity index (χ1) is 17.0. The molecule has 0 aliphatic rings. The minimum atomic E-state index is 0. The van der Waals surface area contributed by atoms with E-state index >= 15 is 0 Å². The Bertz CT molecular complexity index is 1250. The molecule has 2 aromatic carbocycles. The van der Waals surface area contributed by atoms with Gasteiger partial charge in [0.1, 0.15) is 23.8 Å². The second-order valence-electron chi connectivity index (χ2n) is 8.20. The summed E-state index contributed by atoms with van der Waals surface area (Å²) in [6, 6.07) is 12.3. The Labute approximate surface area is 238 Å². The van der Waals surface area contributed by atoms with Gasteiger partial charge in [-0.15, -0.1) is 0 Å². The van der Waals surface area contributed by atoms with Gasteiger partial charge >= 0.3 is 10.3 Å². The second kappa shape index (κ2) is 14.7. The molecule has 0 spiro atoms. The van der Waals surface area contributed by atoms with Crippen LogP contribution in [-0.2, 0) is 14.1 Å². The van der Waals surface area contributed by atoms with Gasteiger partial charge in [0.25, 0.3) is 0 Å².